The third-order valence-electron chi connectivity index (χ3n) is 5.25. The molecule has 1 atom stereocenters. The number of piperidine rings is 1. The highest BCUT2D eigenvalue weighted by atomic mass is 35.5. The molecule has 0 amide bonds. The molecule has 0 spiro atoms. The zero-order valence-electron chi connectivity index (χ0n) is 17.5. The topological polar surface area (TPSA) is 59.0 Å². The Labute approximate surface area is 192 Å². The van der Waals surface area contributed by atoms with Gasteiger partial charge in [0.1, 0.15) is 6.04 Å². The minimum Gasteiger partial charge on any atom is -0.480 e. The van der Waals surface area contributed by atoms with E-state index in [1.807, 2.05) is 0 Å². The second kappa shape index (κ2) is 12.6. The van der Waals surface area contributed by atoms with Crippen molar-refractivity contribution in [3.8, 4) is 0 Å². The maximum Gasteiger partial charge on any atom is 0.320 e. The Hall–Kier alpha value is -1.22. The van der Waals surface area contributed by atoms with Crippen molar-refractivity contribution >= 4 is 46.6 Å². The molecule has 1 saturated heterocycles. The Bertz CT molecular complexity index is 786. The summed E-state index contributed by atoms with van der Waals surface area (Å²) in [6, 6.07) is 3.88. The lowest BCUT2D eigenvalue weighted by Crippen LogP contribution is -2.44. The molecule has 0 aromatic carbocycles. The second-order valence-electron chi connectivity index (χ2n) is 7.21. The van der Waals surface area contributed by atoms with Gasteiger partial charge in [-0.1, -0.05) is 12.5 Å². The number of hydrogen-bond acceptors (Lipinski definition) is 6. The number of hydrogen-bond donors (Lipinski definition) is 1. The van der Waals surface area contributed by atoms with Gasteiger partial charge >= 0.3 is 5.97 Å². The zero-order valence-corrected chi connectivity index (χ0v) is 19.9. The lowest BCUT2D eigenvalue weighted by atomic mass is 10.0. The number of ether oxygens (including phenoxy) is 2. The van der Waals surface area contributed by atoms with Gasteiger partial charge in [0.2, 0.25) is 0 Å². The molecule has 2 aromatic rings. The molecule has 2 aromatic heterocycles. The van der Waals surface area contributed by atoms with E-state index >= 15 is 0 Å². The maximum absolute atomic E-state index is 11.6. The van der Waals surface area contributed by atoms with Gasteiger partial charge in [-0.25, -0.2) is 0 Å². The minimum absolute atomic E-state index is 0. The first-order valence-corrected chi connectivity index (χ1v) is 11.7. The molecule has 0 radical (unpaired) electrons. The predicted octanol–water partition coefficient (Wildman–Crippen LogP) is 5.29. The average molecular weight is 472 g/mol. The van der Waals surface area contributed by atoms with Crippen LogP contribution in [0.5, 0.6) is 0 Å². The molecule has 30 heavy (non-hydrogen) atoms. The number of carboxylic acid groups (broad SMARTS) is 1. The van der Waals surface area contributed by atoms with Crippen molar-refractivity contribution in [2.45, 2.75) is 44.9 Å². The highest BCUT2D eigenvalue weighted by Gasteiger charge is 2.27. The third-order valence-corrected chi connectivity index (χ3v) is 7.23. The molecule has 1 fully saturated rings. The summed E-state index contributed by atoms with van der Waals surface area (Å²) in [5.41, 5.74) is 3.57. The number of carboxylic acids is 1. The first-order valence-electron chi connectivity index (χ1n) is 9.94. The Morgan fingerprint density at radius 1 is 1.13 bits per heavy atom. The summed E-state index contributed by atoms with van der Waals surface area (Å²) in [6.45, 7) is 2.78. The van der Waals surface area contributed by atoms with Crippen LogP contribution in [0.3, 0.4) is 0 Å². The van der Waals surface area contributed by atoms with Crippen LogP contribution in [-0.2, 0) is 27.5 Å². The van der Waals surface area contributed by atoms with E-state index in [2.05, 4.69) is 33.9 Å². The normalized spacial score (nSPS) is 16.8. The number of aliphatic carboxylic acids is 1. The monoisotopic (exact) mass is 471 g/mol. The fourth-order valence-corrected chi connectivity index (χ4v) is 5.87. The van der Waals surface area contributed by atoms with Crippen LogP contribution in [0, 0.1) is 0 Å². The van der Waals surface area contributed by atoms with E-state index in [0.717, 1.165) is 38.8 Å². The summed E-state index contributed by atoms with van der Waals surface area (Å²) in [6.07, 6.45) is 5.90. The molecular weight excluding hydrogens is 442 g/mol. The molecule has 0 saturated carbocycles. The van der Waals surface area contributed by atoms with Gasteiger partial charge in [0.25, 0.3) is 0 Å². The first-order chi connectivity index (χ1) is 14.2. The molecule has 1 aliphatic heterocycles. The van der Waals surface area contributed by atoms with Gasteiger partial charge in [0, 0.05) is 36.1 Å². The third kappa shape index (κ3) is 6.15. The van der Waals surface area contributed by atoms with E-state index in [1.54, 1.807) is 36.9 Å². The standard InChI is InChI=1S/C22H29NO4S2.ClH/c1-26-14-16-8-12-28-20(16)18(21-17(15-27-2)9-13-29-21)6-5-11-23-10-4-3-7-19(23)22(24)25;/h6,8-9,12-13,19H,3-5,7,10-11,14-15H2,1-2H3,(H,24,25);1H. The largest absolute Gasteiger partial charge is 0.480 e. The van der Waals surface area contributed by atoms with Gasteiger partial charge < -0.3 is 14.6 Å². The number of likely N-dealkylation sites (tertiary alicyclic amines) is 1. The number of thiophene rings is 2. The molecule has 3 rings (SSSR count). The number of carbonyl (C=O) groups is 1. The molecule has 0 aliphatic carbocycles. The van der Waals surface area contributed by atoms with E-state index < -0.39 is 5.97 Å². The highest BCUT2D eigenvalue weighted by molar-refractivity contribution is 7.14. The van der Waals surface area contributed by atoms with Crippen LogP contribution in [-0.4, -0.2) is 49.3 Å². The Kier molecular flexibility index (Phi) is 10.5. The van der Waals surface area contributed by atoms with Gasteiger partial charge in [0.15, 0.2) is 0 Å². The smallest absolute Gasteiger partial charge is 0.320 e. The van der Waals surface area contributed by atoms with Crippen molar-refractivity contribution in [2.75, 3.05) is 27.3 Å². The SMILES string of the molecule is COCc1ccsc1C(=CCCN1CCCCC1C(=O)O)c1sccc1COC.Cl. The first kappa shape index (κ1) is 25.0. The summed E-state index contributed by atoms with van der Waals surface area (Å²) in [7, 11) is 3.43. The molecule has 5 nitrogen and oxygen atoms in total. The van der Waals surface area contributed by atoms with E-state index in [1.165, 1.54) is 26.5 Å². The van der Waals surface area contributed by atoms with Crippen LogP contribution >= 0.6 is 35.1 Å². The van der Waals surface area contributed by atoms with Crippen LogP contribution in [0.4, 0.5) is 0 Å². The van der Waals surface area contributed by atoms with Crippen LogP contribution in [0.1, 0.15) is 46.6 Å². The van der Waals surface area contributed by atoms with Crippen molar-refractivity contribution in [1.82, 2.24) is 4.90 Å². The lowest BCUT2D eigenvalue weighted by molar-refractivity contribution is -0.144. The Morgan fingerprint density at radius 3 is 2.27 bits per heavy atom. The van der Waals surface area contributed by atoms with Crippen LogP contribution in [0.25, 0.3) is 5.57 Å². The maximum atomic E-state index is 11.6. The number of nitrogens with zero attached hydrogens (tertiary/aromatic N) is 1. The lowest BCUT2D eigenvalue weighted by Gasteiger charge is -2.32. The van der Waals surface area contributed by atoms with Gasteiger partial charge in [-0.2, -0.15) is 0 Å². The fraction of sp³-hybridized carbons (Fsp3) is 0.500. The van der Waals surface area contributed by atoms with E-state index in [0.29, 0.717) is 13.2 Å². The van der Waals surface area contributed by atoms with Crippen molar-refractivity contribution in [1.29, 1.82) is 0 Å². The highest BCUT2D eigenvalue weighted by Crippen LogP contribution is 2.36. The molecule has 166 valence electrons. The average Bonchev–Trinajstić information content (AvgIpc) is 3.36. The van der Waals surface area contributed by atoms with Crippen molar-refractivity contribution in [3.63, 3.8) is 0 Å². The molecule has 1 aliphatic rings. The zero-order chi connectivity index (χ0) is 20.6. The van der Waals surface area contributed by atoms with Gasteiger partial charge in [-0.15, -0.1) is 35.1 Å². The van der Waals surface area contributed by atoms with Crippen molar-refractivity contribution in [3.05, 3.63) is 49.9 Å². The second-order valence-corrected chi connectivity index (χ2v) is 9.04. The fourth-order valence-electron chi connectivity index (χ4n) is 3.88. The quantitative estimate of drug-likeness (QED) is 0.510. The molecule has 1 unspecified atom stereocenters. The number of halogens is 1. The minimum atomic E-state index is -0.699. The molecule has 8 heteroatoms. The van der Waals surface area contributed by atoms with Crippen molar-refractivity contribution in [2.24, 2.45) is 0 Å². The van der Waals surface area contributed by atoms with Crippen molar-refractivity contribution < 1.29 is 19.4 Å². The van der Waals surface area contributed by atoms with Gasteiger partial charge in [-0.3, -0.25) is 9.69 Å². The Balaban J connectivity index is 0.00000320. The van der Waals surface area contributed by atoms with Gasteiger partial charge in [0.05, 0.1) is 13.2 Å². The van der Waals surface area contributed by atoms with Crippen LogP contribution in [0.15, 0.2) is 29.0 Å². The summed E-state index contributed by atoms with van der Waals surface area (Å²) >= 11 is 3.45. The molecule has 0 bridgehead atoms. The number of rotatable bonds is 10. The van der Waals surface area contributed by atoms with E-state index in [4.69, 9.17) is 9.47 Å². The summed E-state index contributed by atoms with van der Waals surface area (Å²) in [5.74, 6) is -0.699. The molecular formula is C22H30ClNO4S2. The van der Waals surface area contributed by atoms with Gasteiger partial charge in [-0.05, 0) is 59.8 Å². The number of methoxy groups -OCH3 is 2. The van der Waals surface area contributed by atoms with E-state index in [9.17, 15) is 9.90 Å². The summed E-state index contributed by atoms with van der Waals surface area (Å²) in [4.78, 5) is 16.2. The van der Waals surface area contributed by atoms with Crippen LogP contribution < -0.4 is 0 Å². The molecule has 3 heterocycles. The summed E-state index contributed by atoms with van der Waals surface area (Å²) in [5, 5.41) is 13.7. The van der Waals surface area contributed by atoms with Crippen LogP contribution in [0.2, 0.25) is 0 Å². The molecule has 1 N–H and O–H groups in total. The summed E-state index contributed by atoms with van der Waals surface area (Å²) < 4.78 is 10.8. The predicted molar refractivity (Wildman–Crippen MR) is 126 cm³/mol. The van der Waals surface area contributed by atoms with E-state index in [-0.39, 0.29) is 18.4 Å². The Morgan fingerprint density at radius 2 is 1.73 bits per heavy atom.